The number of carbonyl (C=O) groups excluding carboxylic acids is 1. The lowest BCUT2D eigenvalue weighted by Crippen LogP contribution is -2.15. The zero-order valence-corrected chi connectivity index (χ0v) is 17.1. The van der Waals surface area contributed by atoms with Crippen LogP contribution in [0.2, 0.25) is 5.02 Å². The first kappa shape index (κ1) is 21.3. The van der Waals surface area contributed by atoms with Crippen molar-refractivity contribution < 1.29 is 31.9 Å². The first-order valence-corrected chi connectivity index (χ1v) is 10.2. The molecule has 1 aliphatic rings. The summed E-state index contributed by atoms with van der Waals surface area (Å²) in [6.45, 7) is 0.911. The fourth-order valence-electron chi connectivity index (χ4n) is 2.67. The molecule has 1 N–H and O–H groups in total. The number of nitrogens with zero attached hydrogens (tertiary/aromatic N) is 2. The molecule has 162 valence electrons. The molecule has 0 spiro atoms. The number of carbonyl (C=O) groups is 1. The lowest BCUT2D eigenvalue weighted by atomic mass is 10.2. The molecule has 1 aromatic heterocycles. The van der Waals surface area contributed by atoms with Gasteiger partial charge in [-0.15, -0.1) is 10.2 Å². The second-order valence-corrected chi connectivity index (χ2v) is 7.59. The van der Waals surface area contributed by atoms with Crippen molar-refractivity contribution in [3.05, 3.63) is 47.0 Å². The summed E-state index contributed by atoms with van der Waals surface area (Å²) in [6.07, 6.45) is -4.55. The van der Waals surface area contributed by atoms with Gasteiger partial charge in [-0.25, -0.2) is 0 Å². The van der Waals surface area contributed by atoms with Crippen LogP contribution in [0, 0.1) is 0 Å². The second-order valence-electron chi connectivity index (χ2n) is 6.26. The average Bonchev–Trinajstić information content (AvgIpc) is 3.22. The van der Waals surface area contributed by atoms with E-state index in [0.717, 1.165) is 30.0 Å². The fourth-order valence-corrected chi connectivity index (χ4v) is 3.40. The smallest absolute Gasteiger partial charge is 0.416 e. The number of alkyl halides is 3. The van der Waals surface area contributed by atoms with Gasteiger partial charge in [-0.1, -0.05) is 23.4 Å². The number of thioether (sulfide) groups is 1. The van der Waals surface area contributed by atoms with Crippen molar-refractivity contribution in [2.75, 3.05) is 24.3 Å². The third-order valence-corrected chi connectivity index (χ3v) is 5.24. The minimum Gasteiger partial charge on any atom is -0.486 e. The van der Waals surface area contributed by atoms with Gasteiger partial charge in [0.25, 0.3) is 5.22 Å². The number of halogens is 4. The molecule has 0 saturated heterocycles. The zero-order valence-electron chi connectivity index (χ0n) is 15.5. The Balaban J connectivity index is 1.38. The van der Waals surface area contributed by atoms with Gasteiger partial charge >= 0.3 is 6.18 Å². The van der Waals surface area contributed by atoms with E-state index in [0.29, 0.717) is 30.3 Å². The van der Waals surface area contributed by atoms with Gasteiger partial charge in [0.15, 0.2) is 11.5 Å². The number of hydrogen-bond acceptors (Lipinski definition) is 7. The van der Waals surface area contributed by atoms with E-state index >= 15 is 0 Å². The fraction of sp³-hybridized carbons (Fsp3) is 0.211. The highest BCUT2D eigenvalue weighted by molar-refractivity contribution is 7.99. The number of amides is 1. The van der Waals surface area contributed by atoms with Crippen molar-refractivity contribution in [3.63, 3.8) is 0 Å². The monoisotopic (exact) mass is 471 g/mol. The van der Waals surface area contributed by atoms with Crippen LogP contribution in [0.1, 0.15) is 5.56 Å². The number of fused-ring (bicyclic) bond motifs is 1. The highest BCUT2D eigenvalue weighted by Gasteiger charge is 2.31. The molecule has 0 saturated carbocycles. The lowest BCUT2D eigenvalue weighted by molar-refractivity contribution is -0.137. The molecule has 7 nitrogen and oxygen atoms in total. The van der Waals surface area contributed by atoms with Crippen LogP contribution in [-0.2, 0) is 11.0 Å². The Morgan fingerprint density at radius 2 is 1.87 bits per heavy atom. The molecule has 0 bridgehead atoms. The Hall–Kier alpha value is -2.92. The van der Waals surface area contributed by atoms with Crippen LogP contribution in [-0.4, -0.2) is 35.1 Å². The van der Waals surface area contributed by atoms with E-state index in [9.17, 15) is 18.0 Å². The summed E-state index contributed by atoms with van der Waals surface area (Å²) in [7, 11) is 0. The second kappa shape index (κ2) is 8.67. The largest absolute Gasteiger partial charge is 0.486 e. The van der Waals surface area contributed by atoms with Gasteiger partial charge in [0, 0.05) is 5.56 Å². The quantitative estimate of drug-likeness (QED) is 0.529. The average molecular weight is 472 g/mol. The number of benzene rings is 2. The maximum Gasteiger partial charge on any atom is 0.416 e. The molecule has 0 radical (unpaired) electrons. The highest BCUT2D eigenvalue weighted by Crippen LogP contribution is 2.35. The number of anilines is 1. The van der Waals surface area contributed by atoms with Gasteiger partial charge in [0.2, 0.25) is 11.8 Å². The van der Waals surface area contributed by atoms with E-state index in [1.165, 1.54) is 0 Å². The summed E-state index contributed by atoms with van der Waals surface area (Å²) in [5, 5.41) is 10.3. The Bertz CT molecular complexity index is 1120. The third-order valence-electron chi connectivity index (χ3n) is 4.09. The van der Waals surface area contributed by atoms with Gasteiger partial charge in [0.05, 0.1) is 22.0 Å². The number of aromatic nitrogens is 2. The SMILES string of the molecule is O=C(CSc1nnc(-c2ccc3c(c2)OCCO3)o1)Nc1cc(C(F)(F)F)ccc1Cl. The van der Waals surface area contributed by atoms with Crippen LogP contribution in [0.25, 0.3) is 11.5 Å². The van der Waals surface area contributed by atoms with Crippen LogP contribution in [0.3, 0.4) is 0 Å². The summed E-state index contributed by atoms with van der Waals surface area (Å²) < 4.78 is 55.0. The van der Waals surface area contributed by atoms with Crippen molar-refractivity contribution in [3.8, 4) is 23.0 Å². The molecule has 31 heavy (non-hydrogen) atoms. The number of nitrogens with one attached hydrogen (secondary N) is 1. The molecule has 0 fully saturated rings. The molecule has 0 unspecified atom stereocenters. The van der Waals surface area contributed by atoms with Crippen LogP contribution < -0.4 is 14.8 Å². The van der Waals surface area contributed by atoms with Crippen molar-refractivity contribution in [1.29, 1.82) is 0 Å². The molecular formula is C19H13ClF3N3O4S. The van der Waals surface area contributed by atoms with E-state index in [2.05, 4.69) is 15.5 Å². The molecule has 4 rings (SSSR count). The summed E-state index contributed by atoms with van der Waals surface area (Å²) in [4.78, 5) is 12.1. The number of rotatable bonds is 5. The molecule has 1 amide bonds. The highest BCUT2D eigenvalue weighted by atomic mass is 35.5. The minimum absolute atomic E-state index is 0.00923. The van der Waals surface area contributed by atoms with Crippen molar-refractivity contribution in [1.82, 2.24) is 10.2 Å². The molecule has 0 aliphatic carbocycles. The summed E-state index contributed by atoms with van der Waals surface area (Å²) in [5.41, 5.74) is -0.436. The van der Waals surface area contributed by atoms with Gasteiger partial charge in [-0.3, -0.25) is 4.79 Å². The van der Waals surface area contributed by atoms with Crippen LogP contribution in [0.5, 0.6) is 11.5 Å². The normalized spacial score (nSPS) is 13.2. The number of hydrogen-bond donors (Lipinski definition) is 1. The van der Waals surface area contributed by atoms with Gasteiger partial charge in [0.1, 0.15) is 13.2 Å². The summed E-state index contributed by atoms with van der Waals surface area (Å²) in [5.74, 6) is 0.656. The minimum atomic E-state index is -4.55. The van der Waals surface area contributed by atoms with Crippen LogP contribution in [0.4, 0.5) is 18.9 Å². The molecule has 12 heteroatoms. The standard InChI is InChI=1S/C19H13ClF3N3O4S/c20-12-3-2-11(19(21,22)23)8-13(12)24-16(27)9-31-18-26-25-17(30-18)10-1-4-14-15(7-10)29-6-5-28-14/h1-4,7-8H,5-6,9H2,(H,24,27). The zero-order chi connectivity index (χ0) is 22.0. The lowest BCUT2D eigenvalue weighted by Gasteiger charge is -2.18. The summed E-state index contributed by atoms with van der Waals surface area (Å²) >= 11 is 6.81. The van der Waals surface area contributed by atoms with Gasteiger partial charge < -0.3 is 19.2 Å². The summed E-state index contributed by atoms with van der Waals surface area (Å²) in [6, 6.07) is 7.86. The predicted molar refractivity (Wildman–Crippen MR) is 107 cm³/mol. The molecule has 2 aromatic carbocycles. The molecule has 2 heterocycles. The molecule has 3 aromatic rings. The van der Waals surface area contributed by atoms with Crippen LogP contribution >= 0.6 is 23.4 Å². The first-order valence-electron chi connectivity index (χ1n) is 8.82. The maximum absolute atomic E-state index is 12.8. The van der Waals surface area contributed by atoms with E-state index in [-0.39, 0.29) is 27.6 Å². The van der Waals surface area contributed by atoms with Gasteiger partial charge in [-0.2, -0.15) is 13.2 Å². The predicted octanol–water partition coefficient (Wildman–Crippen LogP) is 4.91. The topological polar surface area (TPSA) is 86.5 Å². The first-order chi connectivity index (χ1) is 14.8. The Morgan fingerprint density at radius 3 is 2.65 bits per heavy atom. The van der Waals surface area contributed by atoms with E-state index in [1.54, 1.807) is 18.2 Å². The van der Waals surface area contributed by atoms with E-state index < -0.39 is 17.6 Å². The Kier molecular flexibility index (Phi) is 5.96. The molecular weight excluding hydrogens is 459 g/mol. The third kappa shape index (κ3) is 5.05. The van der Waals surface area contributed by atoms with Crippen molar-refractivity contribution >= 4 is 35.0 Å². The Labute approximate surface area is 182 Å². The molecule has 1 aliphatic heterocycles. The van der Waals surface area contributed by atoms with E-state index in [1.807, 2.05) is 0 Å². The number of ether oxygens (including phenoxy) is 2. The molecule has 0 atom stereocenters. The Morgan fingerprint density at radius 1 is 1.10 bits per heavy atom. The van der Waals surface area contributed by atoms with E-state index in [4.69, 9.17) is 25.5 Å². The van der Waals surface area contributed by atoms with Crippen LogP contribution in [0.15, 0.2) is 46.0 Å². The van der Waals surface area contributed by atoms with Crippen molar-refractivity contribution in [2.45, 2.75) is 11.4 Å². The van der Waals surface area contributed by atoms with Gasteiger partial charge in [-0.05, 0) is 36.4 Å². The maximum atomic E-state index is 12.8. The van der Waals surface area contributed by atoms with Crippen molar-refractivity contribution in [2.24, 2.45) is 0 Å².